The summed E-state index contributed by atoms with van der Waals surface area (Å²) in [5, 5.41) is 0. The Kier molecular flexibility index (Phi) is 7.77. The van der Waals surface area contributed by atoms with Gasteiger partial charge in [-0.2, -0.15) is 0 Å². The molecule has 2 rings (SSSR count). The van der Waals surface area contributed by atoms with Crippen molar-refractivity contribution in [2.24, 2.45) is 5.92 Å². The van der Waals surface area contributed by atoms with Gasteiger partial charge in [-0.3, -0.25) is 9.69 Å². The maximum atomic E-state index is 12.1. The number of hydrogen-bond donors (Lipinski definition) is 0. The maximum absolute atomic E-state index is 12.1. The fourth-order valence-electron chi connectivity index (χ4n) is 4.27. The van der Waals surface area contributed by atoms with Gasteiger partial charge in [0.15, 0.2) is 0 Å². The molecule has 2 unspecified atom stereocenters. The Balaban J connectivity index is 1.66. The van der Waals surface area contributed by atoms with E-state index in [4.69, 9.17) is 0 Å². The van der Waals surface area contributed by atoms with Crippen molar-refractivity contribution >= 4 is 5.78 Å². The summed E-state index contributed by atoms with van der Waals surface area (Å²) in [6.07, 6.45) is 16.8. The van der Waals surface area contributed by atoms with Crippen molar-refractivity contribution in [3.8, 4) is 0 Å². The Morgan fingerprint density at radius 1 is 0.952 bits per heavy atom. The highest BCUT2D eigenvalue weighted by molar-refractivity contribution is 5.83. The molecule has 2 heteroatoms. The van der Waals surface area contributed by atoms with Crippen molar-refractivity contribution in [2.75, 3.05) is 13.1 Å². The summed E-state index contributed by atoms with van der Waals surface area (Å²) in [7, 11) is 0. The van der Waals surface area contributed by atoms with Gasteiger partial charge in [0, 0.05) is 18.4 Å². The van der Waals surface area contributed by atoms with Gasteiger partial charge >= 0.3 is 0 Å². The van der Waals surface area contributed by atoms with E-state index in [1.165, 1.54) is 77.3 Å². The fourth-order valence-corrected chi connectivity index (χ4v) is 4.27. The summed E-state index contributed by atoms with van der Waals surface area (Å²) in [4.78, 5) is 14.7. The average Bonchev–Trinajstić information content (AvgIpc) is 2.93. The number of nitrogens with zero attached hydrogens (tertiary/aromatic N) is 1. The minimum atomic E-state index is 0.384. The summed E-state index contributed by atoms with van der Waals surface area (Å²) in [5.74, 6) is 0.946. The predicted molar refractivity (Wildman–Crippen MR) is 89.6 cm³/mol. The molecule has 1 saturated carbocycles. The van der Waals surface area contributed by atoms with E-state index >= 15 is 0 Å². The van der Waals surface area contributed by atoms with E-state index < -0.39 is 0 Å². The number of Topliss-reactive ketones (excluding diaryl/α,β-unsaturated/α-hetero) is 1. The van der Waals surface area contributed by atoms with Gasteiger partial charge in [0.05, 0.1) is 0 Å². The van der Waals surface area contributed by atoms with Crippen LogP contribution < -0.4 is 0 Å². The average molecular weight is 293 g/mol. The van der Waals surface area contributed by atoms with Crippen LogP contribution >= 0.6 is 0 Å². The first-order valence-electron chi connectivity index (χ1n) is 9.59. The van der Waals surface area contributed by atoms with Crippen LogP contribution in [0.4, 0.5) is 0 Å². The lowest BCUT2D eigenvalue weighted by atomic mass is 9.88. The third kappa shape index (κ3) is 5.39. The molecular weight excluding hydrogens is 258 g/mol. The summed E-state index contributed by atoms with van der Waals surface area (Å²) in [6, 6.07) is 0.592. The van der Waals surface area contributed by atoms with Crippen LogP contribution in [0.15, 0.2) is 0 Å². The van der Waals surface area contributed by atoms with E-state index in [9.17, 15) is 4.79 Å². The third-order valence-corrected chi connectivity index (χ3v) is 5.53. The van der Waals surface area contributed by atoms with Crippen LogP contribution in [0.3, 0.4) is 0 Å². The summed E-state index contributed by atoms with van der Waals surface area (Å²) in [6.45, 7) is 4.76. The number of carbonyl (C=O) groups excluding carboxylic acids is 1. The standard InChI is InChI=1S/C19H35NO/c1-2-3-4-5-6-7-9-15-20-16-10-8-13-18(20)17-12-11-14-19(17)21/h17-18H,2-16H2,1H3. The molecule has 0 bridgehead atoms. The molecule has 2 aliphatic rings. The second-order valence-electron chi connectivity index (χ2n) is 7.19. The van der Waals surface area contributed by atoms with Crippen molar-refractivity contribution < 1.29 is 4.79 Å². The second-order valence-corrected chi connectivity index (χ2v) is 7.19. The van der Waals surface area contributed by atoms with Gasteiger partial charge < -0.3 is 0 Å². The molecule has 0 radical (unpaired) electrons. The molecule has 1 aliphatic carbocycles. The lowest BCUT2D eigenvalue weighted by Crippen LogP contribution is -2.45. The van der Waals surface area contributed by atoms with Gasteiger partial charge in [0.2, 0.25) is 0 Å². The second kappa shape index (κ2) is 9.61. The Labute approximate surface area is 131 Å². The zero-order valence-corrected chi connectivity index (χ0v) is 14.1. The molecule has 122 valence electrons. The molecular formula is C19H35NO. The topological polar surface area (TPSA) is 20.3 Å². The van der Waals surface area contributed by atoms with Crippen molar-refractivity contribution in [2.45, 2.75) is 96.4 Å². The molecule has 2 atom stereocenters. The molecule has 0 N–H and O–H groups in total. The third-order valence-electron chi connectivity index (χ3n) is 5.53. The Morgan fingerprint density at radius 2 is 1.71 bits per heavy atom. The number of likely N-dealkylation sites (tertiary alicyclic amines) is 1. The highest BCUT2D eigenvalue weighted by Crippen LogP contribution is 2.32. The molecule has 0 amide bonds. The minimum absolute atomic E-state index is 0.384. The van der Waals surface area contributed by atoms with Crippen molar-refractivity contribution in [3.63, 3.8) is 0 Å². The number of unbranched alkanes of at least 4 members (excludes halogenated alkanes) is 6. The molecule has 0 aromatic rings. The summed E-state index contributed by atoms with van der Waals surface area (Å²) in [5.41, 5.74) is 0. The van der Waals surface area contributed by atoms with Crippen molar-refractivity contribution in [3.05, 3.63) is 0 Å². The first kappa shape index (κ1) is 17.0. The zero-order chi connectivity index (χ0) is 14.9. The van der Waals surface area contributed by atoms with Crippen molar-refractivity contribution in [1.82, 2.24) is 4.90 Å². The van der Waals surface area contributed by atoms with Gasteiger partial charge in [0.1, 0.15) is 5.78 Å². The number of hydrogen-bond acceptors (Lipinski definition) is 2. The SMILES string of the molecule is CCCCCCCCCN1CCCCC1C1CCCC1=O. The lowest BCUT2D eigenvalue weighted by Gasteiger charge is -2.38. The largest absolute Gasteiger partial charge is 0.300 e. The van der Waals surface area contributed by atoms with Crippen LogP contribution in [0.25, 0.3) is 0 Å². The lowest BCUT2D eigenvalue weighted by molar-refractivity contribution is -0.123. The highest BCUT2D eigenvalue weighted by atomic mass is 16.1. The number of rotatable bonds is 9. The molecule has 2 nitrogen and oxygen atoms in total. The zero-order valence-electron chi connectivity index (χ0n) is 14.1. The maximum Gasteiger partial charge on any atom is 0.137 e. The summed E-state index contributed by atoms with van der Waals surface area (Å²) >= 11 is 0. The van der Waals surface area contributed by atoms with Gasteiger partial charge in [-0.15, -0.1) is 0 Å². The number of ketones is 1. The van der Waals surface area contributed by atoms with Crippen LogP contribution in [0, 0.1) is 5.92 Å². The first-order chi connectivity index (χ1) is 10.3. The Hall–Kier alpha value is -0.370. The van der Waals surface area contributed by atoms with E-state index in [2.05, 4.69) is 11.8 Å². The fraction of sp³-hybridized carbons (Fsp3) is 0.947. The molecule has 2 fully saturated rings. The van der Waals surface area contributed by atoms with Crippen LogP contribution in [0.2, 0.25) is 0 Å². The normalized spacial score (nSPS) is 27.4. The van der Waals surface area contributed by atoms with Gasteiger partial charge in [-0.1, -0.05) is 51.9 Å². The molecule has 1 saturated heterocycles. The number of carbonyl (C=O) groups is 1. The van der Waals surface area contributed by atoms with Crippen molar-refractivity contribution in [1.29, 1.82) is 0 Å². The van der Waals surface area contributed by atoms with E-state index in [1.54, 1.807) is 0 Å². The van der Waals surface area contributed by atoms with Crippen LogP contribution in [-0.4, -0.2) is 29.8 Å². The van der Waals surface area contributed by atoms with Crippen LogP contribution in [-0.2, 0) is 4.79 Å². The van der Waals surface area contributed by atoms with Gasteiger partial charge in [0.25, 0.3) is 0 Å². The van der Waals surface area contributed by atoms with E-state index in [0.29, 0.717) is 17.7 Å². The Morgan fingerprint density at radius 3 is 2.43 bits per heavy atom. The monoisotopic (exact) mass is 293 g/mol. The van der Waals surface area contributed by atoms with Crippen LogP contribution in [0.5, 0.6) is 0 Å². The smallest absolute Gasteiger partial charge is 0.137 e. The van der Waals surface area contributed by atoms with Gasteiger partial charge in [-0.25, -0.2) is 0 Å². The molecule has 0 spiro atoms. The molecule has 0 aromatic carbocycles. The Bertz CT molecular complexity index is 302. The summed E-state index contributed by atoms with van der Waals surface area (Å²) < 4.78 is 0. The quantitative estimate of drug-likeness (QED) is 0.560. The minimum Gasteiger partial charge on any atom is -0.300 e. The molecule has 21 heavy (non-hydrogen) atoms. The van der Waals surface area contributed by atoms with Crippen LogP contribution in [0.1, 0.15) is 90.4 Å². The van der Waals surface area contributed by atoms with E-state index in [1.807, 2.05) is 0 Å². The molecule has 0 aromatic heterocycles. The van der Waals surface area contributed by atoms with E-state index in [-0.39, 0.29) is 0 Å². The highest BCUT2D eigenvalue weighted by Gasteiger charge is 2.36. The van der Waals surface area contributed by atoms with E-state index in [0.717, 1.165) is 19.3 Å². The predicted octanol–water partition coefficient (Wildman–Crippen LogP) is 4.96. The number of piperidine rings is 1. The molecule has 1 aliphatic heterocycles. The molecule has 1 heterocycles. The van der Waals surface area contributed by atoms with Gasteiger partial charge in [-0.05, 0) is 45.2 Å². The first-order valence-corrected chi connectivity index (χ1v) is 9.59.